The third-order valence-electron chi connectivity index (χ3n) is 2.72. The molecule has 0 fully saturated rings. The van der Waals surface area contributed by atoms with Crippen molar-refractivity contribution in [3.8, 4) is 0 Å². The summed E-state index contributed by atoms with van der Waals surface area (Å²) in [6, 6.07) is 0. The van der Waals surface area contributed by atoms with Gasteiger partial charge in [-0.1, -0.05) is 20.3 Å². The van der Waals surface area contributed by atoms with Crippen molar-refractivity contribution in [3.63, 3.8) is 0 Å². The van der Waals surface area contributed by atoms with Gasteiger partial charge in [0, 0.05) is 19.6 Å². The van der Waals surface area contributed by atoms with Gasteiger partial charge < -0.3 is 15.0 Å². The molecule has 16 heavy (non-hydrogen) atoms. The Bertz CT molecular complexity index is 311. The second-order valence-corrected chi connectivity index (χ2v) is 4.01. The molecule has 0 radical (unpaired) electrons. The Morgan fingerprint density at radius 2 is 2.19 bits per heavy atom. The van der Waals surface area contributed by atoms with Crippen molar-refractivity contribution >= 4 is 0 Å². The SMILES string of the molecule is CCCC(C)c1nnc(CN)n1CCOC. The summed E-state index contributed by atoms with van der Waals surface area (Å²) in [5, 5.41) is 8.36. The quantitative estimate of drug-likeness (QED) is 0.760. The second kappa shape index (κ2) is 6.60. The highest BCUT2D eigenvalue weighted by Gasteiger charge is 2.15. The van der Waals surface area contributed by atoms with Gasteiger partial charge in [-0.05, 0) is 6.42 Å². The number of hydrogen-bond acceptors (Lipinski definition) is 4. The first-order chi connectivity index (χ1) is 7.74. The van der Waals surface area contributed by atoms with Crippen molar-refractivity contribution in [1.82, 2.24) is 14.8 Å². The van der Waals surface area contributed by atoms with Gasteiger partial charge in [0.1, 0.15) is 11.6 Å². The molecule has 5 heteroatoms. The van der Waals surface area contributed by atoms with Crippen molar-refractivity contribution in [3.05, 3.63) is 11.6 Å². The molecule has 1 aromatic heterocycles. The topological polar surface area (TPSA) is 66.0 Å². The van der Waals surface area contributed by atoms with Crippen LogP contribution in [-0.4, -0.2) is 28.5 Å². The Kier molecular flexibility index (Phi) is 5.42. The average molecular weight is 226 g/mol. The van der Waals surface area contributed by atoms with E-state index in [4.69, 9.17) is 10.5 Å². The van der Waals surface area contributed by atoms with E-state index >= 15 is 0 Å². The lowest BCUT2D eigenvalue weighted by atomic mass is 10.1. The zero-order valence-corrected chi connectivity index (χ0v) is 10.4. The summed E-state index contributed by atoms with van der Waals surface area (Å²) in [6.45, 7) is 6.22. The summed E-state index contributed by atoms with van der Waals surface area (Å²) in [4.78, 5) is 0. The molecule has 0 saturated heterocycles. The van der Waals surface area contributed by atoms with Gasteiger partial charge in [0.25, 0.3) is 0 Å². The zero-order chi connectivity index (χ0) is 12.0. The molecule has 0 saturated carbocycles. The number of nitrogens with zero attached hydrogens (tertiary/aromatic N) is 3. The molecule has 5 nitrogen and oxygen atoms in total. The Labute approximate surface area is 97.0 Å². The second-order valence-electron chi connectivity index (χ2n) is 4.01. The van der Waals surface area contributed by atoms with Crippen LogP contribution in [0.4, 0.5) is 0 Å². The van der Waals surface area contributed by atoms with Crippen molar-refractivity contribution in [2.75, 3.05) is 13.7 Å². The maximum atomic E-state index is 5.65. The van der Waals surface area contributed by atoms with Crippen molar-refractivity contribution in [2.45, 2.75) is 45.7 Å². The predicted octanol–water partition coefficient (Wildman–Crippen LogP) is 1.29. The van der Waals surface area contributed by atoms with Crippen molar-refractivity contribution in [2.24, 2.45) is 5.73 Å². The molecular weight excluding hydrogens is 204 g/mol. The van der Waals surface area contributed by atoms with Crippen LogP contribution in [0, 0.1) is 0 Å². The highest BCUT2D eigenvalue weighted by Crippen LogP contribution is 2.19. The maximum Gasteiger partial charge on any atom is 0.146 e. The standard InChI is InChI=1S/C11H22N4O/c1-4-5-9(2)11-14-13-10(8-12)15(11)6-7-16-3/h9H,4-8,12H2,1-3H3. The first-order valence-electron chi connectivity index (χ1n) is 5.85. The molecule has 0 spiro atoms. The van der Waals surface area contributed by atoms with Gasteiger partial charge in [-0.2, -0.15) is 0 Å². The highest BCUT2D eigenvalue weighted by atomic mass is 16.5. The van der Waals surface area contributed by atoms with E-state index in [-0.39, 0.29) is 0 Å². The smallest absolute Gasteiger partial charge is 0.146 e. The fourth-order valence-corrected chi connectivity index (χ4v) is 1.85. The third-order valence-corrected chi connectivity index (χ3v) is 2.72. The summed E-state index contributed by atoms with van der Waals surface area (Å²) < 4.78 is 7.18. The molecule has 0 bridgehead atoms. The van der Waals surface area contributed by atoms with Crippen LogP contribution in [0.15, 0.2) is 0 Å². The summed E-state index contributed by atoms with van der Waals surface area (Å²) in [5.41, 5.74) is 5.65. The Morgan fingerprint density at radius 3 is 2.75 bits per heavy atom. The van der Waals surface area contributed by atoms with Crippen LogP contribution < -0.4 is 5.73 Å². The molecule has 1 aromatic rings. The monoisotopic (exact) mass is 226 g/mol. The molecule has 2 N–H and O–H groups in total. The van der Waals surface area contributed by atoms with Gasteiger partial charge in [0.05, 0.1) is 13.2 Å². The van der Waals surface area contributed by atoms with Crippen LogP contribution in [0.25, 0.3) is 0 Å². The highest BCUT2D eigenvalue weighted by molar-refractivity contribution is 5.01. The minimum Gasteiger partial charge on any atom is -0.383 e. The summed E-state index contributed by atoms with van der Waals surface area (Å²) in [6.07, 6.45) is 2.27. The van der Waals surface area contributed by atoms with Gasteiger partial charge in [-0.25, -0.2) is 0 Å². The van der Waals surface area contributed by atoms with E-state index in [1.165, 1.54) is 0 Å². The number of hydrogen-bond donors (Lipinski definition) is 1. The molecular formula is C11H22N4O. The Hall–Kier alpha value is -0.940. The average Bonchev–Trinajstić information content (AvgIpc) is 2.69. The molecule has 0 aromatic carbocycles. The lowest BCUT2D eigenvalue weighted by molar-refractivity contribution is 0.185. The maximum absolute atomic E-state index is 5.65. The largest absolute Gasteiger partial charge is 0.383 e. The van der Waals surface area contributed by atoms with Crippen LogP contribution >= 0.6 is 0 Å². The third kappa shape index (κ3) is 3.02. The zero-order valence-electron chi connectivity index (χ0n) is 10.4. The normalized spacial score (nSPS) is 13.0. The van der Waals surface area contributed by atoms with E-state index in [1.807, 2.05) is 0 Å². The number of ether oxygens (including phenoxy) is 1. The molecule has 1 atom stereocenters. The van der Waals surface area contributed by atoms with Gasteiger partial charge in [-0.15, -0.1) is 10.2 Å². The lowest BCUT2D eigenvalue weighted by Crippen LogP contribution is -2.15. The van der Waals surface area contributed by atoms with E-state index in [1.54, 1.807) is 7.11 Å². The van der Waals surface area contributed by atoms with Gasteiger partial charge in [0.2, 0.25) is 0 Å². The minimum atomic E-state index is 0.426. The molecule has 0 aliphatic carbocycles. The Morgan fingerprint density at radius 1 is 1.44 bits per heavy atom. The van der Waals surface area contributed by atoms with Crippen LogP contribution in [0.1, 0.15) is 44.3 Å². The van der Waals surface area contributed by atoms with Crippen LogP contribution in [0.3, 0.4) is 0 Å². The van der Waals surface area contributed by atoms with E-state index in [9.17, 15) is 0 Å². The molecule has 0 amide bonds. The molecule has 92 valence electrons. The molecule has 1 unspecified atom stereocenters. The van der Waals surface area contributed by atoms with Crippen molar-refractivity contribution < 1.29 is 4.74 Å². The summed E-state index contributed by atoms with van der Waals surface area (Å²) in [5.74, 6) is 2.30. The van der Waals surface area contributed by atoms with E-state index < -0.39 is 0 Å². The van der Waals surface area contributed by atoms with E-state index in [2.05, 4.69) is 28.6 Å². The van der Waals surface area contributed by atoms with Crippen LogP contribution in [0.5, 0.6) is 0 Å². The number of nitrogens with two attached hydrogens (primary N) is 1. The summed E-state index contributed by atoms with van der Waals surface area (Å²) >= 11 is 0. The molecule has 1 rings (SSSR count). The van der Waals surface area contributed by atoms with Crippen LogP contribution in [-0.2, 0) is 17.8 Å². The van der Waals surface area contributed by atoms with Gasteiger partial charge in [-0.3, -0.25) is 0 Å². The first-order valence-corrected chi connectivity index (χ1v) is 5.85. The van der Waals surface area contributed by atoms with Crippen molar-refractivity contribution in [1.29, 1.82) is 0 Å². The molecule has 0 aliphatic heterocycles. The van der Waals surface area contributed by atoms with E-state index in [0.717, 1.165) is 31.0 Å². The van der Waals surface area contributed by atoms with E-state index in [0.29, 0.717) is 19.1 Å². The van der Waals surface area contributed by atoms with Gasteiger partial charge in [0.15, 0.2) is 0 Å². The number of rotatable bonds is 7. The fourth-order valence-electron chi connectivity index (χ4n) is 1.85. The first kappa shape index (κ1) is 13.1. The minimum absolute atomic E-state index is 0.426. The Balaban J connectivity index is 2.85. The molecule has 0 aliphatic rings. The van der Waals surface area contributed by atoms with Gasteiger partial charge >= 0.3 is 0 Å². The lowest BCUT2D eigenvalue weighted by Gasteiger charge is -2.13. The number of methoxy groups -OCH3 is 1. The fraction of sp³-hybridized carbons (Fsp3) is 0.818. The number of aromatic nitrogens is 3. The van der Waals surface area contributed by atoms with Crippen LogP contribution in [0.2, 0.25) is 0 Å². The predicted molar refractivity (Wildman–Crippen MR) is 63.1 cm³/mol. The summed E-state index contributed by atoms with van der Waals surface area (Å²) in [7, 11) is 1.70. The molecule has 1 heterocycles.